The predicted molar refractivity (Wildman–Crippen MR) is 246 cm³/mol. The minimum absolute atomic E-state index is 0.00589. The lowest BCUT2D eigenvalue weighted by atomic mass is 10.0. The number of benzene rings is 6. The summed E-state index contributed by atoms with van der Waals surface area (Å²) in [5.74, 6) is -21.3. The maximum atomic E-state index is 15.6. The molecule has 69 heavy (non-hydrogen) atoms. The fourth-order valence-electron chi connectivity index (χ4n) is 8.16. The van der Waals surface area contributed by atoms with E-state index in [1.165, 1.54) is 48.8 Å². The van der Waals surface area contributed by atoms with Gasteiger partial charge in [0.15, 0.2) is 46.5 Å². The summed E-state index contributed by atoms with van der Waals surface area (Å²) in [4.78, 5) is 10.6. The van der Waals surface area contributed by atoms with Gasteiger partial charge in [0.05, 0.1) is 35.2 Å². The van der Waals surface area contributed by atoms with E-state index in [4.69, 9.17) is 0 Å². The first-order valence-electron chi connectivity index (χ1n) is 21.1. The SMILES string of the molecule is CC(C)(C)n1c(-c2ccc(N(c3ccc(-c4ccccc4)nc3)c3c(F)c(F)c(F)c(F)c3F)cc2)ccc1-c1ccc(N(c2ccc(-c3ccccc3)nc2)c2c(F)c(F)c(F)c(F)c2F)cc1. The number of aromatic nitrogens is 3. The van der Waals surface area contributed by atoms with Crippen molar-refractivity contribution in [2.75, 3.05) is 9.80 Å². The number of hydrogen-bond donors (Lipinski definition) is 0. The summed E-state index contributed by atoms with van der Waals surface area (Å²) in [7, 11) is 0. The molecule has 6 aromatic carbocycles. The van der Waals surface area contributed by atoms with E-state index in [0.717, 1.165) is 20.9 Å². The topological polar surface area (TPSA) is 37.2 Å². The molecule has 0 aliphatic heterocycles. The molecule has 0 aliphatic carbocycles. The average Bonchev–Trinajstić information content (AvgIpc) is 3.84. The molecule has 3 heterocycles. The molecule has 0 atom stereocenters. The molecule has 0 fully saturated rings. The van der Waals surface area contributed by atoms with Gasteiger partial charge in [0, 0.05) is 39.4 Å². The van der Waals surface area contributed by atoms with Gasteiger partial charge in [-0.1, -0.05) is 84.9 Å². The van der Waals surface area contributed by atoms with Gasteiger partial charge in [0.2, 0.25) is 11.6 Å². The Balaban J connectivity index is 1.10. The van der Waals surface area contributed by atoms with E-state index in [2.05, 4.69) is 9.97 Å². The highest BCUT2D eigenvalue weighted by atomic mass is 19.2. The highest BCUT2D eigenvalue weighted by Crippen LogP contribution is 2.44. The van der Waals surface area contributed by atoms with Gasteiger partial charge >= 0.3 is 0 Å². The molecule has 0 saturated heterocycles. The van der Waals surface area contributed by atoms with Gasteiger partial charge in [-0.05, 0) is 92.6 Å². The number of anilines is 6. The van der Waals surface area contributed by atoms with Gasteiger partial charge in [0.25, 0.3) is 0 Å². The van der Waals surface area contributed by atoms with E-state index in [-0.39, 0.29) is 22.7 Å². The molecule has 15 heteroatoms. The van der Waals surface area contributed by atoms with Crippen LogP contribution >= 0.6 is 0 Å². The normalized spacial score (nSPS) is 11.6. The first kappa shape index (κ1) is 45.9. The molecule has 3 aromatic heterocycles. The smallest absolute Gasteiger partial charge is 0.200 e. The second-order valence-corrected chi connectivity index (χ2v) is 16.7. The van der Waals surface area contributed by atoms with Crippen LogP contribution in [0.25, 0.3) is 45.0 Å². The second kappa shape index (κ2) is 18.1. The van der Waals surface area contributed by atoms with Crippen molar-refractivity contribution in [1.82, 2.24) is 14.5 Å². The van der Waals surface area contributed by atoms with Gasteiger partial charge < -0.3 is 14.4 Å². The second-order valence-electron chi connectivity index (χ2n) is 16.7. The lowest BCUT2D eigenvalue weighted by Gasteiger charge is -2.29. The first-order chi connectivity index (χ1) is 33.0. The van der Waals surface area contributed by atoms with Crippen LogP contribution in [-0.2, 0) is 5.54 Å². The molecule has 0 saturated carbocycles. The zero-order chi connectivity index (χ0) is 48.9. The largest absolute Gasteiger partial charge is 0.335 e. The van der Waals surface area contributed by atoms with E-state index >= 15 is 17.6 Å². The lowest BCUT2D eigenvalue weighted by Crippen LogP contribution is -2.23. The fraction of sp³-hybridized carbons (Fsp3) is 0.0741. The van der Waals surface area contributed by atoms with Crippen LogP contribution in [0.2, 0.25) is 0 Å². The molecular formula is C54H35F10N5. The summed E-state index contributed by atoms with van der Waals surface area (Å²) in [5.41, 5.74) is 1.84. The zero-order valence-electron chi connectivity index (χ0n) is 36.5. The number of rotatable bonds is 10. The van der Waals surface area contributed by atoms with Crippen LogP contribution in [0.15, 0.2) is 158 Å². The summed E-state index contributed by atoms with van der Waals surface area (Å²) in [6, 6.07) is 39.9. The molecule has 0 bridgehead atoms. The summed E-state index contributed by atoms with van der Waals surface area (Å²) < 4.78 is 152. The van der Waals surface area contributed by atoms with E-state index < -0.39 is 75.1 Å². The van der Waals surface area contributed by atoms with Crippen molar-refractivity contribution < 1.29 is 43.9 Å². The number of pyridine rings is 2. The van der Waals surface area contributed by atoms with Crippen LogP contribution in [0.1, 0.15) is 20.8 Å². The van der Waals surface area contributed by atoms with Crippen LogP contribution in [0.5, 0.6) is 0 Å². The van der Waals surface area contributed by atoms with Gasteiger partial charge in [0.1, 0.15) is 11.4 Å². The fourth-order valence-corrected chi connectivity index (χ4v) is 8.16. The van der Waals surface area contributed by atoms with E-state index in [1.807, 2.05) is 37.5 Å². The van der Waals surface area contributed by atoms with E-state index in [1.54, 1.807) is 97.1 Å². The Morgan fingerprint density at radius 2 is 0.638 bits per heavy atom. The molecular weight excluding hydrogens is 909 g/mol. The highest BCUT2D eigenvalue weighted by molar-refractivity contribution is 5.82. The lowest BCUT2D eigenvalue weighted by molar-refractivity contribution is 0.380. The van der Waals surface area contributed by atoms with Crippen LogP contribution < -0.4 is 9.80 Å². The zero-order valence-corrected chi connectivity index (χ0v) is 36.5. The summed E-state index contributed by atoms with van der Waals surface area (Å²) in [5, 5.41) is 0. The van der Waals surface area contributed by atoms with Crippen molar-refractivity contribution in [2.45, 2.75) is 26.3 Å². The summed E-state index contributed by atoms with van der Waals surface area (Å²) >= 11 is 0. The molecule has 0 spiro atoms. The highest BCUT2D eigenvalue weighted by Gasteiger charge is 2.33. The van der Waals surface area contributed by atoms with Gasteiger partial charge in [-0.15, -0.1) is 0 Å². The first-order valence-corrected chi connectivity index (χ1v) is 21.1. The molecule has 0 unspecified atom stereocenters. The van der Waals surface area contributed by atoms with Crippen LogP contribution in [-0.4, -0.2) is 14.5 Å². The summed E-state index contributed by atoms with van der Waals surface area (Å²) in [6.07, 6.45) is 2.52. The van der Waals surface area contributed by atoms with Crippen LogP contribution in [0, 0.1) is 58.2 Å². The van der Waals surface area contributed by atoms with Crippen molar-refractivity contribution in [3.8, 4) is 45.0 Å². The predicted octanol–water partition coefficient (Wildman–Crippen LogP) is 16.0. The molecule has 5 nitrogen and oxygen atoms in total. The average molecular weight is 944 g/mol. The quantitative estimate of drug-likeness (QED) is 0.0778. The Labute approximate surface area is 388 Å². The molecule has 0 amide bonds. The van der Waals surface area contributed by atoms with Crippen molar-refractivity contribution in [3.05, 3.63) is 216 Å². The minimum atomic E-state index is -2.31. The molecule has 346 valence electrons. The van der Waals surface area contributed by atoms with Crippen LogP contribution in [0.3, 0.4) is 0 Å². The van der Waals surface area contributed by atoms with Gasteiger partial charge in [-0.2, -0.15) is 0 Å². The number of halogens is 10. The summed E-state index contributed by atoms with van der Waals surface area (Å²) in [6.45, 7) is 5.78. The Bertz CT molecular complexity index is 3060. The van der Waals surface area contributed by atoms with Crippen molar-refractivity contribution in [3.63, 3.8) is 0 Å². The molecule has 9 rings (SSSR count). The van der Waals surface area contributed by atoms with Crippen molar-refractivity contribution in [2.24, 2.45) is 0 Å². The van der Waals surface area contributed by atoms with E-state index in [9.17, 15) is 26.3 Å². The standard InChI is InChI=1S/C54H35F10N5/c1-54(2,3)69-40(32-14-18-34(19-15-32)67(52-48(61)44(57)42(55)45(58)49(52)62)36-22-24-38(65-28-36)30-10-6-4-7-11-30)26-27-41(69)33-16-20-35(21-17-33)68(53-50(63)46(59)43(56)47(60)51(53)64)37-23-25-39(66-29-37)31-12-8-5-9-13-31/h4-29H,1-3H3. The molecule has 0 aliphatic rings. The minimum Gasteiger partial charge on any atom is -0.335 e. The van der Waals surface area contributed by atoms with E-state index in [0.29, 0.717) is 33.9 Å². The molecule has 0 radical (unpaired) electrons. The monoisotopic (exact) mass is 943 g/mol. The Hall–Kier alpha value is -8.20. The third-order valence-electron chi connectivity index (χ3n) is 11.4. The number of hydrogen-bond acceptors (Lipinski definition) is 4. The Morgan fingerprint density at radius 1 is 0.333 bits per heavy atom. The van der Waals surface area contributed by atoms with Gasteiger partial charge in [-0.25, -0.2) is 43.9 Å². The number of nitrogens with zero attached hydrogens (tertiary/aromatic N) is 5. The van der Waals surface area contributed by atoms with Crippen molar-refractivity contribution in [1.29, 1.82) is 0 Å². The third-order valence-corrected chi connectivity index (χ3v) is 11.4. The van der Waals surface area contributed by atoms with Gasteiger partial charge in [-0.3, -0.25) is 9.97 Å². The Kier molecular flexibility index (Phi) is 12.1. The molecule has 0 N–H and O–H groups in total. The third kappa shape index (κ3) is 8.34. The van der Waals surface area contributed by atoms with Crippen LogP contribution in [0.4, 0.5) is 78.0 Å². The molecule has 9 aromatic rings. The Morgan fingerprint density at radius 3 is 0.928 bits per heavy atom. The van der Waals surface area contributed by atoms with Crippen molar-refractivity contribution >= 4 is 34.1 Å². The maximum Gasteiger partial charge on any atom is 0.200 e. The maximum absolute atomic E-state index is 15.6.